The van der Waals surface area contributed by atoms with Crippen LogP contribution in [-0.4, -0.2) is 32.5 Å². The molecule has 1 aliphatic rings. The van der Waals surface area contributed by atoms with E-state index >= 15 is 0 Å². The highest BCUT2D eigenvalue weighted by Gasteiger charge is 2.26. The van der Waals surface area contributed by atoms with Crippen LogP contribution in [0.3, 0.4) is 0 Å². The second kappa shape index (κ2) is 5.85. The van der Waals surface area contributed by atoms with Crippen molar-refractivity contribution in [3.05, 3.63) is 35.4 Å². The normalized spacial score (nSPS) is 20.8. The molecule has 0 radical (unpaired) electrons. The zero-order valence-electron chi connectivity index (χ0n) is 10.9. The molecule has 1 saturated heterocycles. The summed E-state index contributed by atoms with van der Waals surface area (Å²) in [5.41, 5.74) is 2.30. The Hall–Kier alpha value is -0.870. The van der Waals surface area contributed by atoms with Crippen molar-refractivity contribution < 1.29 is 8.42 Å². The van der Waals surface area contributed by atoms with Gasteiger partial charge >= 0.3 is 0 Å². The summed E-state index contributed by atoms with van der Waals surface area (Å²) in [6.07, 6.45) is 2.40. The first-order valence-electron chi connectivity index (χ1n) is 6.56. The van der Waals surface area contributed by atoms with Crippen molar-refractivity contribution in [2.75, 3.05) is 18.8 Å². The van der Waals surface area contributed by atoms with E-state index < -0.39 is 9.84 Å². The zero-order chi connectivity index (χ0) is 13.0. The van der Waals surface area contributed by atoms with Gasteiger partial charge in [-0.25, -0.2) is 8.42 Å². The van der Waals surface area contributed by atoms with Gasteiger partial charge in [0.2, 0.25) is 0 Å². The van der Waals surface area contributed by atoms with Gasteiger partial charge in [0.25, 0.3) is 0 Å². The fourth-order valence-electron chi connectivity index (χ4n) is 2.42. The SMILES string of the molecule is Cc1cccc(CCS(=O)(=O)C2CCCNC2)c1. The Morgan fingerprint density at radius 2 is 2.22 bits per heavy atom. The molecule has 1 heterocycles. The summed E-state index contributed by atoms with van der Waals surface area (Å²) in [4.78, 5) is 0. The Balaban J connectivity index is 1.96. The molecule has 0 bridgehead atoms. The van der Waals surface area contributed by atoms with Gasteiger partial charge in [-0.3, -0.25) is 0 Å². The molecule has 1 aliphatic heterocycles. The number of hydrogen-bond acceptors (Lipinski definition) is 3. The first kappa shape index (κ1) is 13.6. The molecule has 0 spiro atoms. The van der Waals surface area contributed by atoms with Crippen LogP contribution < -0.4 is 5.32 Å². The monoisotopic (exact) mass is 267 g/mol. The summed E-state index contributed by atoms with van der Waals surface area (Å²) >= 11 is 0. The maximum absolute atomic E-state index is 12.2. The molecule has 0 aromatic heterocycles. The standard InChI is InChI=1S/C14H21NO2S/c1-12-4-2-5-13(10-12)7-9-18(16,17)14-6-3-8-15-11-14/h2,4-5,10,14-15H,3,6-9,11H2,1H3. The van der Waals surface area contributed by atoms with Crippen LogP contribution in [-0.2, 0) is 16.3 Å². The second-order valence-corrected chi connectivity index (χ2v) is 7.48. The van der Waals surface area contributed by atoms with Crippen LogP contribution in [0, 0.1) is 6.92 Å². The van der Waals surface area contributed by atoms with E-state index in [4.69, 9.17) is 0 Å². The van der Waals surface area contributed by atoms with E-state index in [9.17, 15) is 8.42 Å². The van der Waals surface area contributed by atoms with Crippen molar-refractivity contribution in [3.63, 3.8) is 0 Å². The van der Waals surface area contributed by atoms with Crippen LogP contribution in [0.1, 0.15) is 24.0 Å². The van der Waals surface area contributed by atoms with Crippen molar-refractivity contribution in [2.45, 2.75) is 31.4 Å². The summed E-state index contributed by atoms with van der Waals surface area (Å²) in [5, 5.41) is 2.98. The van der Waals surface area contributed by atoms with E-state index in [-0.39, 0.29) is 11.0 Å². The van der Waals surface area contributed by atoms with Gasteiger partial charge < -0.3 is 5.32 Å². The molecule has 0 saturated carbocycles. The van der Waals surface area contributed by atoms with E-state index in [2.05, 4.69) is 11.4 Å². The first-order chi connectivity index (χ1) is 8.58. The van der Waals surface area contributed by atoms with Crippen LogP contribution in [0.2, 0.25) is 0 Å². The number of rotatable bonds is 4. The Bertz CT molecular complexity index is 490. The average molecular weight is 267 g/mol. The van der Waals surface area contributed by atoms with Crippen molar-refractivity contribution in [3.8, 4) is 0 Å². The predicted molar refractivity (Wildman–Crippen MR) is 74.6 cm³/mol. The van der Waals surface area contributed by atoms with Crippen LogP contribution >= 0.6 is 0 Å². The maximum atomic E-state index is 12.2. The molecule has 0 amide bonds. The molecule has 1 aromatic carbocycles. The predicted octanol–water partition coefficient (Wildman–Crippen LogP) is 1.70. The molecule has 4 heteroatoms. The van der Waals surface area contributed by atoms with Gasteiger partial charge in [0, 0.05) is 6.54 Å². The Morgan fingerprint density at radius 1 is 1.39 bits per heavy atom. The number of hydrogen-bond donors (Lipinski definition) is 1. The maximum Gasteiger partial charge on any atom is 0.154 e. The molecule has 1 aromatic rings. The van der Waals surface area contributed by atoms with E-state index in [0.717, 1.165) is 24.9 Å². The molecule has 3 nitrogen and oxygen atoms in total. The topological polar surface area (TPSA) is 46.2 Å². The Kier molecular flexibility index (Phi) is 4.40. The molecule has 1 unspecified atom stereocenters. The van der Waals surface area contributed by atoms with Crippen molar-refractivity contribution in [2.24, 2.45) is 0 Å². The van der Waals surface area contributed by atoms with Crippen molar-refractivity contribution in [1.82, 2.24) is 5.32 Å². The average Bonchev–Trinajstić information content (AvgIpc) is 2.38. The number of aryl methyl sites for hydroxylation is 2. The van der Waals surface area contributed by atoms with Gasteiger partial charge in [-0.1, -0.05) is 29.8 Å². The lowest BCUT2D eigenvalue weighted by Crippen LogP contribution is -2.40. The minimum atomic E-state index is -2.96. The van der Waals surface area contributed by atoms with Crippen LogP contribution in [0.25, 0.3) is 0 Å². The quantitative estimate of drug-likeness (QED) is 0.903. The highest BCUT2D eigenvalue weighted by molar-refractivity contribution is 7.92. The van der Waals surface area contributed by atoms with E-state index in [0.29, 0.717) is 13.0 Å². The van der Waals surface area contributed by atoms with Crippen LogP contribution in [0.5, 0.6) is 0 Å². The number of benzene rings is 1. The minimum absolute atomic E-state index is 0.184. The van der Waals surface area contributed by atoms with Gasteiger partial charge in [-0.2, -0.15) is 0 Å². The van der Waals surface area contributed by atoms with Gasteiger partial charge in [-0.15, -0.1) is 0 Å². The number of sulfone groups is 1. The third-order valence-electron chi connectivity index (χ3n) is 3.52. The van der Waals surface area contributed by atoms with Crippen LogP contribution in [0.4, 0.5) is 0 Å². The van der Waals surface area contributed by atoms with Gasteiger partial charge in [-0.05, 0) is 38.3 Å². The molecule has 1 N–H and O–H groups in total. The lowest BCUT2D eigenvalue weighted by Gasteiger charge is -2.22. The molecule has 18 heavy (non-hydrogen) atoms. The summed E-state index contributed by atoms with van der Waals surface area (Å²) < 4.78 is 24.4. The third kappa shape index (κ3) is 3.56. The van der Waals surface area contributed by atoms with E-state index in [1.165, 1.54) is 5.56 Å². The van der Waals surface area contributed by atoms with Gasteiger partial charge in [0.1, 0.15) is 0 Å². The highest BCUT2D eigenvalue weighted by Crippen LogP contribution is 2.14. The van der Waals surface area contributed by atoms with E-state index in [1.807, 2.05) is 25.1 Å². The molecular formula is C14H21NO2S. The molecule has 1 fully saturated rings. The van der Waals surface area contributed by atoms with Gasteiger partial charge in [0.15, 0.2) is 9.84 Å². The summed E-state index contributed by atoms with van der Waals surface area (Å²) in [6, 6.07) is 8.08. The summed E-state index contributed by atoms with van der Waals surface area (Å²) in [5.74, 6) is 0.267. The molecule has 100 valence electrons. The molecule has 0 aliphatic carbocycles. The summed E-state index contributed by atoms with van der Waals surface area (Å²) in [7, 11) is -2.96. The van der Waals surface area contributed by atoms with Crippen molar-refractivity contribution >= 4 is 9.84 Å². The molecule has 2 rings (SSSR count). The number of piperidine rings is 1. The molecule has 1 atom stereocenters. The lowest BCUT2D eigenvalue weighted by molar-refractivity contribution is 0.496. The van der Waals surface area contributed by atoms with Crippen LogP contribution in [0.15, 0.2) is 24.3 Å². The smallest absolute Gasteiger partial charge is 0.154 e. The Morgan fingerprint density at radius 3 is 2.89 bits per heavy atom. The Labute approximate surface area is 110 Å². The molecular weight excluding hydrogens is 246 g/mol. The minimum Gasteiger partial charge on any atom is -0.315 e. The fourth-order valence-corrected chi connectivity index (χ4v) is 4.17. The zero-order valence-corrected chi connectivity index (χ0v) is 11.7. The van der Waals surface area contributed by atoms with E-state index in [1.54, 1.807) is 0 Å². The largest absolute Gasteiger partial charge is 0.315 e. The summed E-state index contributed by atoms with van der Waals surface area (Å²) in [6.45, 7) is 3.60. The van der Waals surface area contributed by atoms with Gasteiger partial charge in [0.05, 0.1) is 11.0 Å². The number of nitrogens with one attached hydrogen (secondary N) is 1. The lowest BCUT2D eigenvalue weighted by atomic mass is 10.1. The third-order valence-corrected chi connectivity index (χ3v) is 5.71. The fraction of sp³-hybridized carbons (Fsp3) is 0.571. The first-order valence-corrected chi connectivity index (χ1v) is 8.27. The van der Waals surface area contributed by atoms with Crippen molar-refractivity contribution in [1.29, 1.82) is 0 Å². The second-order valence-electron chi connectivity index (χ2n) is 5.07. The highest BCUT2D eigenvalue weighted by atomic mass is 32.2.